The van der Waals surface area contributed by atoms with Crippen molar-refractivity contribution in [2.45, 2.75) is 44.6 Å². The maximum absolute atomic E-state index is 10.2. The second kappa shape index (κ2) is 6.46. The van der Waals surface area contributed by atoms with E-state index >= 15 is 0 Å². The Hall–Kier alpha value is -0.120. The average molecular weight is 214 g/mol. The predicted molar refractivity (Wildman–Crippen MR) is 64.1 cm³/mol. The largest absolute Gasteiger partial charge is 0.389 e. The SMILES string of the molecule is CCN(C)CCNCC1(O)CCCCC1. The molecule has 0 saturated heterocycles. The summed E-state index contributed by atoms with van der Waals surface area (Å²) >= 11 is 0. The van der Waals surface area contributed by atoms with Crippen molar-refractivity contribution in [3.8, 4) is 0 Å². The van der Waals surface area contributed by atoms with Crippen molar-refractivity contribution >= 4 is 0 Å². The molecule has 1 rings (SSSR count). The van der Waals surface area contributed by atoms with Crippen LogP contribution in [-0.4, -0.2) is 48.8 Å². The highest BCUT2D eigenvalue weighted by Crippen LogP contribution is 2.27. The van der Waals surface area contributed by atoms with E-state index in [9.17, 15) is 5.11 Å². The summed E-state index contributed by atoms with van der Waals surface area (Å²) in [4.78, 5) is 2.28. The molecule has 0 unspecified atom stereocenters. The van der Waals surface area contributed by atoms with Crippen molar-refractivity contribution < 1.29 is 5.11 Å². The number of aliphatic hydroxyl groups is 1. The van der Waals surface area contributed by atoms with Crippen molar-refractivity contribution in [2.24, 2.45) is 0 Å². The van der Waals surface area contributed by atoms with Crippen molar-refractivity contribution in [2.75, 3.05) is 33.2 Å². The van der Waals surface area contributed by atoms with E-state index in [2.05, 4.69) is 24.2 Å². The fourth-order valence-electron chi connectivity index (χ4n) is 2.14. The number of nitrogens with one attached hydrogen (secondary N) is 1. The van der Waals surface area contributed by atoms with Crippen LogP contribution < -0.4 is 5.32 Å². The smallest absolute Gasteiger partial charge is 0.0771 e. The van der Waals surface area contributed by atoms with E-state index in [0.717, 1.165) is 39.0 Å². The van der Waals surface area contributed by atoms with Crippen molar-refractivity contribution in [1.29, 1.82) is 0 Å². The van der Waals surface area contributed by atoms with Crippen LogP contribution in [0.1, 0.15) is 39.0 Å². The molecule has 0 aromatic heterocycles. The van der Waals surface area contributed by atoms with Gasteiger partial charge in [-0.05, 0) is 26.4 Å². The molecule has 0 atom stereocenters. The van der Waals surface area contributed by atoms with E-state index in [1.54, 1.807) is 0 Å². The first kappa shape index (κ1) is 12.9. The third-order valence-corrected chi connectivity index (χ3v) is 3.45. The summed E-state index contributed by atoms with van der Waals surface area (Å²) in [5.74, 6) is 0. The third-order valence-electron chi connectivity index (χ3n) is 3.45. The van der Waals surface area contributed by atoms with E-state index in [1.165, 1.54) is 19.3 Å². The van der Waals surface area contributed by atoms with Gasteiger partial charge in [-0.25, -0.2) is 0 Å². The first-order valence-corrected chi connectivity index (χ1v) is 6.28. The van der Waals surface area contributed by atoms with Crippen LogP contribution in [0.2, 0.25) is 0 Å². The zero-order chi connectivity index (χ0) is 11.1. The van der Waals surface area contributed by atoms with Crippen LogP contribution in [0, 0.1) is 0 Å². The molecule has 0 aromatic carbocycles. The van der Waals surface area contributed by atoms with E-state index in [0.29, 0.717) is 0 Å². The van der Waals surface area contributed by atoms with Gasteiger partial charge in [-0.1, -0.05) is 26.2 Å². The lowest BCUT2D eigenvalue weighted by molar-refractivity contribution is 0.00480. The number of hydrogen-bond donors (Lipinski definition) is 2. The molecule has 0 radical (unpaired) electrons. The van der Waals surface area contributed by atoms with Crippen LogP contribution >= 0.6 is 0 Å². The standard InChI is InChI=1S/C12H26N2O/c1-3-14(2)10-9-13-11-12(15)7-5-4-6-8-12/h13,15H,3-11H2,1-2H3. The van der Waals surface area contributed by atoms with Crippen LogP contribution in [0.4, 0.5) is 0 Å². The molecule has 2 N–H and O–H groups in total. The Morgan fingerprint density at radius 3 is 2.53 bits per heavy atom. The van der Waals surface area contributed by atoms with Crippen molar-refractivity contribution in [1.82, 2.24) is 10.2 Å². The summed E-state index contributed by atoms with van der Waals surface area (Å²) in [6.07, 6.45) is 5.62. The van der Waals surface area contributed by atoms with Crippen LogP contribution in [0.25, 0.3) is 0 Å². The Morgan fingerprint density at radius 2 is 1.93 bits per heavy atom. The van der Waals surface area contributed by atoms with Crippen molar-refractivity contribution in [3.63, 3.8) is 0 Å². The van der Waals surface area contributed by atoms with Gasteiger partial charge in [-0.3, -0.25) is 0 Å². The lowest BCUT2D eigenvalue weighted by Gasteiger charge is -2.32. The Bertz CT molecular complexity index is 167. The van der Waals surface area contributed by atoms with Gasteiger partial charge in [0.2, 0.25) is 0 Å². The van der Waals surface area contributed by atoms with E-state index in [4.69, 9.17) is 0 Å². The van der Waals surface area contributed by atoms with Crippen LogP contribution in [0.5, 0.6) is 0 Å². The molecule has 1 saturated carbocycles. The highest BCUT2D eigenvalue weighted by molar-refractivity contribution is 4.84. The van der Waals surface area contributed by atoms with Gasteiger partial charge in [0, 0.05) is 19.6 Å². The molecule has 0 bridgehead atoms. The summed E-state index contributed by atoms with van der Waals surface area (Å²) in [6.45, 7) is 6.06. The normalized spacial score (nSPS) is 20.8. The topological polar surface area (TPSA) is 35.5 Å². The summed E-state index contributed by atoms with van der Waals surface area (Å²) in [5, 5.41) is 13.6. The molecular weight excluding hydrogens is 188 g/mol. The first-order chi connectivity index (χ1) is 7.16. The second-order valence-electron chi connectivity index (χ2n) is 4.86. The summed E-state index contributed by atoms with van der Waals surface area (Å²) < 4.78 is 0. The molecule has 0 amide bonds. The van der Waals surface area contributed by atoms with Crippen LogP contribution in [0.3, 0.4) is 0 Å². The number of hydrogen-bond acceptors (Lipinski definition) is 3. The number of nitrogens with zero attached hydrogens (tertiary/aromatic N) is 1. The monoisotopic (exact) mass is 214 g/mol. The summed E-state index contributed by atoms with van der Waals surface area (Å²) in [7, 11) is 2.12. The molecule has 3 nitrogen and oxygen atoms in total. The fraction of sp³-hybridized carbons (Fsp3) is 1.00. The first-order valence-electron chi connectivity index (χ1n) is 6.28. The van der Waals surface area contributed by atoms with Gasteiger partial charge < -0.3 is 15.3 Å². The van der Waals surface area contributed by atoms with Crippen LogP contribution in [-0.2, 0) is 0 Å². The number of likely N-dealkylation sites (N-methyl/N-ethyl adjacent to an activating group) is 1. The molecular formula is C12H26N2O. The molecule has 0 spiro atoms. The molecule has 90 valence electrons. The summed E-state index contributed by atoms with van der Waals surface area (Å²) in [6, 6.07) is 0. The molecule has 0 aromatic rings. The van der Waals surface area contributed by atoms with E-state index in [1.807, 2.05) is 0 Å². The molecule has 1 aliphatic rings. The van der Waals surface area contributed by atoms with Gasteiger partial charge in [0.25, 0.3) is 0 Å². The van der Waals surface area contributed by atoms with Gasteiger partial charge in [0.05, 0.1) is 5.60 Å². The number of rotatable bonds is 6. The Morgan fingerprint density at radius 1 is 1.27 bits per heavy atom. The minimum absolute atomic E-state index is 0.414. The minimum Gasteiger partial charge on any atom is -0.389 e. The molecule has 3 heteroatoms. The molecule has 1 fully saturated rings. The minimum atomic E-state index is -0.414. The fourth-order valence-corrected chi connectivity index (χ4v) is 2.14. The predicted octanol–water partition coefficient (Wildman–Crippen LogP) is 1.22. The quantitative estimate of drug-likeness (QED) is 0.653. The van der Waals surface area contributed by atoms with E-state index < -0.39 is 5.60 Å². The van der Waals surface area contributed by atoms with Crippen molar-refractivity contribution in [3.05, 3.63) is 0 Å². The second-order valence-corrected chi connectivity index (χ2v) is 4.86. The maximum Gasteiger partial charge on any atom is 0.0771 e. The zero-order valence-corrected chi connectivity index (χ0v) is 10.3. The lowest BCUT2D eigenvalue weighted by Crippen LogP contribution is -2.43. The van der Waals surface area contributed by atoms with E-state index in [-0.39, 0.29) is 0 Å². The Labute approximate surface area is 93.9 Å². The van der Waals surface area contributed by atoms with Gasteiger partial charge in [-0.15, -0.1) is 0 Å². The molecule has 0 aliphatic heterocycles. The average Bonchev–Trinajstić information content (AvgIpc) is 2.25. The maximum atomic E-state index is 10.2. The Balaban J connectivity index is 2.08. The Kier molecular flexibility index (Phi) is 5.58. The highest BCUT2D eigenvalue weighted by Gasteiger charge is 2.28. The lowest BCUT2D eigenvalue weighted by atomic mass is 9.85. The third kappa shape index (κ3) is 4.96. The van der Waals surface area contributed by atoms with Gasteiger partial charge in [-0.2, -0.15) is 0 Å². The summed E-state index contributed by atoms with van der Waals surface area (Å²) in [5.41, 5.74) is -0.414. The molecule has 0 heterocycles. The van der Waals surface area contributed by atoms with Gasteiger partial charge in [0.15, 0.2) is 0 Å². The molecule has 1 aliphatic carbocycles. The van der Waals surface area contributed by atoms with Gasteiger partial charge in [0.1, 0.15) is 0 Å². The van der Waals surface area contributed by atoms with Gasteiger partial charge >= 0.3 is 0 Å². The zero-order valence-electron chi connectivity index (χ0n) is 10.3. The van der Waals surface area contributed by atoms with Crippen LogP contribution in [0.15, 0.2) is 0 Å². The highest BCUT2D eigenvalue weighted by atomic mass is 16.3. The molecule has 15 heavy (non-hydrogen) atoms.